The molecule has 0 saturated carbocycles. The monoisotopic (exact) mass is 481 g/mol. The molecule has 0 radical (unpaired) electrons. The Labute approximate surface area is 211 Å². The van der Waals surface area contributed by atoms with Gasteiger partial charge in [-0.15, -0.1) is 0 Å². The number of piperidine rings is 1. The number of nitrogens with zero attached hydrogens (tertiary/aromatic N) is 4. The van der Waals surface area contributed by atoms with E-state index in [-0.39, 0.29) is 11.7 Å². The summed E-state index contributed by atoms with van der Waals surface area (Å²) in [6.45, 7) is 9.03. The number of carbonyl (C=O) groups excluding carboxylic acids is 1. The summed E-state index contributed by atoms with van der Waals surface area (Å²) in [5.41, 5.74) is 6.51. The van der Waals surface area contributed by atoms with Crippen LogP contribution in [0.25, 0.3) is 16.9 Å². The van der Waals surface area contributed by atoms with Crippen LogP contribution in [0, 0.1) is 19.8 Å². The fourth-order valence-corrected chi connectivity index (χ4v) is 4.91. The number of nitrogens with one attached hydrogen (secondary N) is 1. The lowest BCUT2D eigenvalue weighted by Crippen LogP contribution is -2.38. The molecule has 5 rings (SSSR count). The second kappa shape index (κ2) is 9.85. The Bertz CT molecular complexity index is 1420. The third-order valence-corrected chi connectivity index (χ3v) is 6.92. The number of amides is 1. The van der Waals surface area contributed by atoms with E-state index >= 15 is 0 Å². The zero-order valence-corrected chi connectivity index (χ0v) is 20.7. The largest absolute Gasteiger partial charge is 0.513 e. The molecule has 0 atom stereocenters. The highest BCUT2D eigenvalue weighted by Gasteiger charge is 2.25. The van der Waals surface area contributed by atoms with E-state index in [1.54, 1.807) is 6.20 Å². The minimum atomic E-state index is 0.0524. The van der Waals surface area contributed by atoms with Gasteiger partial charge in [0.2, 0.25) is 0 Å². The molecule has 7 heteroatoms. The van der Waals surface area contributed by atoms with Gasteiger partial charge in [-0.05, 0) is 56.4 Å². The van der Waals surface area contributed by atoms with Crippen molar-refractivity contribution < 1.29 is 9.90 Å². The van der Waals surface area contributed by atoms with E-state index in [0.29, 0.717) is 36.8 Å². The summed E-state index contributed by atoms with van der Waals surface area (Å²) < 4.78 is 2.03. The van der Waals surface area contributed by atoms with Crippen molar-refractivity contribution in [2.24, 2.45) is 5.92 Å². The molecule has 1 saturated heterocycles. The number of rotatable bonds is 6. The average molecular weight is 482 g/mol. The van der Waals surface area contributed by atoms with Crippen LogP contribution in [0.3, 0.4) is 0 Å². The standard InChI is InChI=1S/C29H31N5O2/c1-19-4-6-23(7-5-19)26-18-31-28-27(30-12-15-34(26)28)32-24-8-9-25(20(2)16-24)29(36)33-13-10-22(11-14-33)17-21(3)35/h4-9,12,15-16,18,22,35H,3,10-11,13-14,17H2,1-2H3,(H,30,32). The highest BCUT2D eigenvalue weighted by molar-refractivity contribution is 5.96. The van der Waals surface area contributed by atoms with Gasteiger partial charge in [-0.2, -0.15) is 0 Å². The summed E-state index contributed by atoms with van der Waals surface area (Å²) in [5.74, 6) is 1.33. The third kappa shape index (κ3) is 4.82. The third-order valence-electron chi connectivity index (χ3n) is 6.92. The predicted molar refractivity (Wildman–Crippen MR) is 143 cm³/mol. The number of imidazole rings is 1. The van der Waals surface area contributed by atoms with E-state index in [2.05, 4.69) is 53.1 Å². The highest BCUT2D eigenvalue weighted by Crippen LogP contribution is 2.28. The minimum absolute atomic E-state index is 0.0524. The van der Waals surface area contributed by atoms with Crippen LogP contribution in [0.4, 0.5) is 11.5 Å². The van der Waals surface area contributed by atoms with Gasteiger partial charge < -0.3 is 15.3 Å². The Morgan fingerprint density at radius 3 is 2.56 bits per heavy atom. The first kappa shape index (κ1) is 23.6. The van der Waals surface area contributed by atoms with Crippen molar-refractivity contribution in [3.8, 4) is 11.3 Å². The maximum atomic E-state index is 13.2. The Kier molecular flexibility index (Phi) is 6.46. The molecule has 1 aliphatic rings. The van der Waals surface area contributed by atoms with Gasteiger partial charge in [0.25, 0.3) is 5.91 Å². The highest BCUT2D eigenvalue weighted by atomic mass is 16.3. The zero-order valence-electron chi connectivity index (χ0n) is 20.7. The van der Waals surface area contributed by atoms with Crippen LogP contribution in [0.1, 0.15) is 40.7 Å². The lowest BCUT2D eigenvalue weighted by molar-refractivity contribution is 0.0686. The number of allylic oxidation sites excluding steroid dienone is 1. The summed E-state index contributed by atoms with van der Waals surface area (Å²) in [7, 11) is 0. The second-order valence-electron chi connectivity index (χ2n) is 9.64. The van der Waals surface area contributed by atoms with Gasteiger partial charge in [0.15, 0.2) is 11.5 Å². The normalized spacial score (nSPS) is 14.2. The molecule has 7 nitrogen and oxygen atoms in total. The van der Waals surface area contributed by atoms with E-state index in [1.807, 2.05) is 46.8 Å². The van der Waals surface area contributed by atoms with Gasteiger partial charge in [0.05, 0.1) is 17.6 Å². The SMILES string of the molecule is C=C(O)CC1CCN(C(=O)c2ccc(Nc3nccn4c(-c5ccc(C)cc5)cnc34)cc2C)CC1. The molecule has 4 aromatic rings. The number of aryl methyl sites for hydroxylation is 2. The topological polar surface area (TPSA) is 82.8 Å². The molecule has 1 amide bonds. The van der Waals surface area contributed by atoms with Crippen LogP contribution in [0.5, 0.6) is 0 Å². The van der Waals surface area contributed by atoms with Crippen LogP contribution >= 0.6 is 0 Å². The van der Waals surface area contributed by atoms with Crippen molar-refractivity contribution in [3.63, 3.8) is 0 Å². The van der Waals surface area contributed by atoms with E-state index in [0.717, 1.165) is 41.0 Å². The number of likely N-dealkylation sites (tertiary alicyclic amines) is 1. The molecule has 1 aliphatic heterocycles. The Morgan fingerprint density at radius 1 is 1.11 bits per heavy atom. The molecule has 2 aromatic heterocycles. The lowest BCUT2D eigenvalue weighted by Gasteiger charge is -2.32. The lowest BCUT2D eigenvalue weighted by atomic mass is 9.92. The van der Waals surface area contributed by atoms with Crippen LogP contribution in [0.15, 0.2) is 73.4 Å². The summed E-state index contributed by atoms with van der Waals surface area (Å²) in [4.78, 5) is 24.2. The molecule has 1 fully saturated rings. The quantitative estimate of drug-likeness (QED) is 0.327. The Balaban J connectivity index is 1.32. The van der Waals surface area contributed by atoms with E-state index < -0.39 is 0 Å². The van der Waals surface area contributed by atoms with Gasteiger partial charge in [0, 0.05) is 48.7 Å². The molecule has 0 bridgehead atoms. The van der Waals surface area contributed by atoms with Crippen LogP contribution in [-0.4, -0.2) is 43.4 Å². The molecule has 3 heterocycles. The first-order valence-corrected chi connectivity index (χ1v) is 12.3. The fourth-order valence-electron chi connectivity index (χ4n) is 4.91. The van der Waals surface area contributed by atoms with Crippen LogP contribution in [0.2, 0.25) is 0 Å². The molecule has 36 heavy (non-hydrogen) atoms. The van der Waals surface area contributed by atoms with E-state index in [4.69, 9.17) is 0 Å². The minimum Gasteiger partial charge on any atom is -0.513 e. The van der Waals surface area contributed by atoms with Gasteiger partial charge >= 0.3 is 0 Å². The molecular formula is C29H31N5O2. The maximum Gasteiger partial charge on any atom is 0.254 e. The molecule has 0 spiro atoms. The number of aromatic nitrogens is 3. The smallest absolute Gasteiger partial charge is 0.254 e. The second-order valence-corrected chi connectivity index (χ2v) is 9.64. The number of aliphatic hydroxyl groups excluding tert-OH is 1. The number of anilines is 2. The van der Waals surface area contributed by atoms with Gasteiger partial charge in [-0.25, -0.2) is 9.97 Å². The average Bonchev–Trinajstić information content (AvgIpc) is 3.30. The summed E-state index contributed by atoms with van der Waals surface area (Å²) >= 11 is 0. The number of benzene rings is 2. The van der Waals surface area contributed by atoms with Gasteiger partial charge in [-0.3, -0.25) is 9.20 Å². The van der Waals surface area contributed by atoms with Crippen molar-refractivity contribution in [3.05, 3.63) is 90.1 Å². The maximum absolute atomic E-state index is 13.2. The first-order valence-electron chi connectivity index (χ1n) is 12.3. The number of fused-ring (bicyclic) bond motifs is 1. The Hall–Kier alpha value is -4.13. The van der Waals surface area contributed by atoms with Crippen LogP contribution in [-0.2, 0) is 0 Å². The number of aliphatic hydroxyl groups is 1. The van der Waals surface area contributed by atoms with E-state index in [1.165, 1.54) is 5.56 Å². The summed E-state index contributed by atoms with van der Waals surface area (Å²) in [6.07, 6.45) is 7.92. The van der Waals surface area contributed by atoms with Crippen molar-refractivity contribution in [2.75, 3.05) is 18.4 Å². The van der Waals surface area contributed by atoms with Gasteiger partial charge in [-0.1, -0.05) is 36.4 Å². The predicted octanol–water partition coefficient (Wildman–Crippen LogP) is 6.07. The fraction of sp³-hybridized carbons (Fsp3) is 0.276. The number of hydrogen-bond donors (Lipinski definition) is 2. The Morgan fingerprint density at radius 2 is 1.86 bits per heavy atom. The number of carbonyl (C=O) groups is 1. The van der Waals surface area contributed by atoms with Crippen LogP contribution < -0.4 is 5.32 Å². The van der Waals surface area contributed by atoms with Crippen molar-refractivity contribution in [1.82, 2.24) is 19.3 Å². The first-order chi connectivity index (χ1) is 17.4. The van der Waals surface area contributed by atoms with Gasteiger partial charge in [0.1, 0.15) is 0 Å². The molecule has 184 valence electrons. The summed E-state index contributed by atoms with van der Waals surface area (Å²) in [5, 5.41) is 12.8. The molecule has 2 aromatic carbocycles. The zero-order chi connectivity index (χ0) is 25.2. The van der Waals surface area contributed by atoms with Crippen molar-refractivity contribution >= 4 is 23.1 Å². The van der Waals surface area contributed by atoms with Crippen molar-refractivity contribution in [1.29, 1.82) is 0 Å². The summed E-state index contributed by atoms with van der Waals surface area (Å²) in [6, 6.07) is 14.1. The molecule has 0 unspecified atom stereocenters. The van der Waals surface area contributed by atoms with E-state index in [9.17, 15) is 9.90 Å². The molecular weight excluding hydrogens is 450 g/mol. The molecule has 2 N–H and O–H groups in total. The van der Waals surface area contributed by atoms with Crippen molar-refractivity contribution in [2.45, 2.75) is 33.1 Å². The number of hydrogen-bond acceptors (Lipinski definition) is 5. The molecule has 0 aliphatic carbocycles.